The molecule has 0 N–H and O–H groups in total. The molecule has 138 valence electrons. The minimum Gasteiger partial charge on any atom is -0.151 e. The van der Waals surface area contributed by atoms with E-state index in [0.29, 0.717) is 0 Å². The lowest BCUT2D eigenvalue weighted by Crippen LogP contribution is -2.09. The predicted octanol–water partition coefficient (Wildman–Crippen LogP) is 8.06. The van der Waals surface area contributed by atoms with E-state index in [4.69, 9.17) is 0 Å². The van der Waals surface area contributed by atoms with Gasteiger partial charge < -0.3 is 0 Å². The molecular weight excluding hydrogens is 352 g/mol. The number of fused-ring (bicyclic) bond motifs is 2. The molecule has 2 heteroatoms. The molecule has 3 aromatic carbocycles. The van der Waals surface area contributed by atoms with Crippen molar-refractivity contribution >= 4 is 45.1 Å². The average Bonchev–Trinajstić information content (AvgIpc) is 2.56. The largest absolute Gasteiger partial charge is 0.151 e. The summed E-state index contributed by atoms with van der Waals surface area (Å²) >= 11 is 4.07. The standard InChI is InChI=1S/C24H30S2/c1-23(2,3)25-15-21-17-11-7-9-13-19(17)22(16-26-24(4,5)6)20-14-10-8-12-18(20)21/h7-14H,15-16H2,1-6H3. The van der Waals surface area contributed by atoms with Crippen molar-refractivity contribution in [1.82, 2.24) is 0 Å². The first-order valence-corrected chi connectivity index (χ1v) is 11.3. The van der Waals surface area contributed by atoms with Crippen molar-refractivity contribution in [1.29, 1.82) is 0 Å². The maximum absolute atomic E-state index is 2.31. The summed E-state index contributed by atoms with van der Waals surface area (Å²) in [6, 6.07) is 18.0. The van der Waals surface area contributed by atoms with Gasteiger partial charge in [-0.15, -0.1) is 0 Å². The van der Waals surface area contributed by atoms with Gasteiger partial charge in [0.05, 0.1) is 0 Å². The third kappa shape index (κ3) is 4.58. The van der Waals surface area contributed by atoms with Crippen molar-refractivity contribution in [3.05, 3.63) is 59.7 Å². The van der Waals surface area contributed by atoms with E-state index >= 15 is 0 Å². The second kappa shape index (κ2) is 7.48. The molecule has 0 atom stereocenters. The zero-order valence-electron chi connectivity index (χ0n) is 16.8. The van der Waals surface area contributed by atoms with E-state index in [0.717, 1.165) is 11.5 Å². The Morgan fingerprint density at radius 2 is 0.808 bits per heavy atom. The second-order valence-corrected chi connectivity index (χ2v) is 12.5. The Balaban J connectivity index is 2.21. The Bertz CT molecular complexity index is 778. The first kappa shape index (κ1) is 19.6. The van der Waals surface area contributed by atoms with Crippen LogP contribution >= 0.6 is 23.5 Å². The van der Waals surface area contributed by atoms with Gasteiger partial charge in [0.15, 0.2) is 0 Å². The molecule has 0 saturated carbocycles. The molecule has 0 radical (unpaired) electrons. The minimum atomic E-state index is 0.267. The predicted molar refractivity (Wildman–Crippen MR) is 124 cm³/mol. The summed E-state index contributed by atoms with van der Waals surface area (Å²) < 4.78 is 0.534. The summed E-state index contributed by atoms with van der Waals surface area (Å²) in [6.45, 7) is 13.8. The zero-order valence-corrected chi connectivity index (χ0v) is 18.5. The van der Waals surface area contributed by atoms with Crippen molar-refractivity contribution in [2.75, 3.05) is 0 Å². The fourth-order valence-corrected chi connectivity index (χ4v) is 4.97. The first-order valence-electron chi connectivity index (χ1n) is 9.35. The molecule has 0 bridgehead atoms. The van der Waals surface area contributed by atoms with Crippen LogP contribution in [0.25, 0.3) is 21.5 Å². The molecule has 0 aliphatic carbocycles. The molecule has 0 amide bonds. The van der Waals surface area contributed by atoms with Crippen molar-refractivity contribution in [3.63, 3.8) is 0 Å². The molecule has 0 unspecified atom stereocenters. The Hall–Kier alpha value is -1.12. The van der Waals surface area contributed by atoms with Crippen molar-refractivity contribution in [2.24, 2.45) is 0 Å². The van der Waals surface area contributed by atoms with E-state index in [-0.39, 0.29) is 9.49 Å². The smallest absolute Gasteiger partial charge is 0.0202 e. The van der Waals surface area contributed by atoms with Crippen molar-refractivity contribution < 1.29 is 0 Å². The first-order chi connectivity index (χ1) is 12.2. The van der Waals surface area contributed by atoms with Crippen LogP contribution in [0.1, 0.15) is 52.7 Å². The van der Waals surface area contributed by atoms with Gasteiger partial charge in [0, 0.05) is 21.0 Å². The molecule has 0 fully saturated rings. The van der Waals surface area contributed by atoms with Crippen LogP contribution in [0, 0.1) is 0 Å². The van der Waals surface area contributed by atoms with Gasteiger partial charge in [-0.25, -0.2) is 0 Å². The lowest BCUT2D eigenvalue weighted by Gasteiger charge is -2.23. The number of rotatable bonds is 4. The van der Waals surface area contributed by atoms with Crippen LogP contribution in [0.5, 0.6) is 0 Å². The number of hydrogen-bond donors (Lipinski definition) is 0. The summed E-state index contributed by atoms with van der Waals surface area (Å²) in [6.07, 6.45) is 0. The van der Waals surface area contributed by atoms with Gasteiger partial charge in [-0.05, 0) is 32.7 Å². The highest BCUT2D eigenvalue weighted by Gasteiger charge is 2.18. The maximum Gasteiger partial charge on any atom is 0.0202 e. The molecule has 3 rings (SSSR count). The lowest BCUT2D eigenvalue weighted by atomic mass is 9.93. The topological polar surface area (TPSA) is 0 Å². The fraction of sp³-hybridized carbons (Fsp3) is 0.417. The van der Waals surface area contributed by atoms with Gasteiger partial charge in [0.1, 0.15) is 0 Å². The molecule has 0 spiro atoms. The average molecular weight is 383 g/mol. The minimum absolute atomic E-state index is 0.267. The molecule has 26 heavy (non-hydrogen) atoms. The van der Waals surface area contributed by atoms with E-state index in [1.807, 2.05) is 23.5 Å². The summed E-state index contributed by atoms with van der Waals surface area (Å²) in [5.74, 6) is 2.11. The normalized spacial score (nSPS) is 12.8. The lowest BCUT2D eigenvalue weighted by molar-refractivity contribution is 0.802. The van der Waals surface area contributed by atoms with Crippen LogP contribution in [0.15, 0.2) is 48.5 Å². The Morgan fingerprint density at radius 1 is 0.538 bits per heavy atom. The molecule has 0 aliphatic rings. The van der Waals surface area contributed by atoms with E-state index < -0.39 is 0 Å². The molecule has 0 nitrogen and oxygen atoms in total. The Morgan fingerprint density at radius 3 is 1.04 bits per heavy atom. The van der Waals surface area contributed by atoms with E-state index in [2.05, 4.69) is 90.1 Å². The van der Waals surface area contributed by atoms with Crippen LogP contribution < -0.4 is 0 Å². The second-order valence-electron chi connectivity index (χ2n) is 8.85. The SMILES string of the molecule is CC(C)(C)SCc1c2ccccc2c(CSC(C)(C)C)c2ccccc12. The molecule has 0 heterocycles. The third-order valence-electron chi connectivity index (χ3n) is 4.45. The van der Waals surface area contributed by atoms with Crippen LogP contribution in [0.3, 0.4) is 0 Å². The van der Waals surface area contributed by atoms with Gasteiger partial charge >= 0.3 is 0 Å². The van der Waals surface area contributed by atoms with Gasteiger partial charge in [-0.3, -0.25) is 0 Å². The summed E-state index contributed by atoms with van der Waals surface area (Å²) in [5, 5.41) is 5.69. The number of hydrogen-bond acceptors (Lipinski definition) is 2. The maximum atomic E-state index is 2.31. The molecule has 0 saturated heterocycles. The monoisotopic (exact) mass is 382 g/mol. The highest BCUT2D eigenvalue weighted by Crippen LogP contribution is 2.40. The molecule has 0 aromatic heterocycles. The third-order valence-corrected chi connectivity index (χ3v) is 7.05. The van der Waals surface area contributed by atoms with Crippen LogP contribution in [0.4, 0.5) is 0 Å². The number of benzene rings is 3. The molecular formula is C24H30S2. The van der Waals surface area contributed by atoms with Gasteiger partial charge in [0.25, 0.3) is 0 Å². The van der Waals surface area contributed by atoms with Gasteiger partial charge in [-0.1, -0.05) is 90.1 Å². The highest BCUT2D eigenvalue weighted by molar-refractivity contribution is 8.00. The van der Waals surface area contributed by atoms with E-state index in [1.54, 1.807) is 0 Å². The number of thioether (sulfide) groups is 2. The summed E-state index contributed by atoms with van der Waals surface area (Å²) in [5.41, 5.74) is 2.97. The highest BCUT2D eigenvalue weighted by atomic mass is 32.2. The Labute approximate surface area is 167 Å². The van der Waals surface area contributed by atoms with E-state index in [1.165, 1.54) is 32.7 Å². The van der Waals surface area contributed by atoms with Crippen LogP contribution in [-0.2, 0) is 11.5 Å². The van der Waals surface area contributed by atoms with Crippen molar-refractivity contribution in [2.45, 2.75) is 62.5 Å². The fourth-order valence-electron chi connectivity index (χ4n) is 3.20. The van der Waals surface area contributed by atoms with Gasteiger partial charge in [0.2, 0.25) is 0 Å². The molecule has 3 aromatic rings. The van der Waals surface area contributed by atoms with Crippen molar-refractivity contribution in [3.8, 4) is 0 Å². The zero-order chi connectivity index (χ0) is 18.9. The summed E-state index contributed by atoms with van der Waals surface area (Å²) in [4.78, 5) is 0. The quantitative estimate of drug-likeness (QED) is 0.418. The van der Waals surface area contributed by atoms with Crippen LogP contribution in [0.2, 0.25) is 0 Å². The Kier molecular flexibility index (Phi) is 5.65. The molecule has 0 aliphatic heterocycles. The van der Waals surface area contributed by atoms with E-state index in [9.17, 15) is 0 Å². The van der Waals surface area contributed by atoms with Gasteiger partial charge in [-0.2, -0.15) is 23.5 Å². The van der Waals surface area contributed by atoms with Crippen LogP contribution in [-0.4, -0.2) is 9.49 Å². The summed E-state index contributed by atoms with van der Waals surface area (Å²) in [7, 11) is 0.